The van der Waals surface area contributed by atoms with Gasteiger partial charge in [-0.25, -0.2) is 0 Å². The molecule has 2 N–H and O–H groups in total. The monoisotopic (exact) mass is 270 g/mol. The first-order valence-corrected chi connectivity index (χ1v) is 6.40. The molecule has 2 aromatic carbocycles. The van der Waals surface area contributed by atoms with Crippen molar-refractivity contribution in [1.82, 2.24) is 0 Å². The number of anilines is 2. The fourth-order valence-electron chi connectivity index (χ4n) is 1.90. The van der Waals surface area contributed by atoms with E-state index in [1.165, 1.54) is 0 Å². The van der Waals surface area contributed by atoms with Gasteiger partial charge in [0, 0.05) is 25.5 Å². The van der Waals surface area contributed by atoms with Crippen LogP contribution in [0.1, 0.15) is 5.56 Å². The van der Waals surface area contributed by atoms with Crippen molar-refractivity contribution in [2.24, 2.45) is 0 Å². The Kier molecular flexibility index (Phi) is 4.25. The molecular formula is C16H18N2O2. The molecule has 0 unspecified atom stereocenters. The quantitative estimate of drug-likeness (QED) is 0.898. The van der Waals surface area contributed by atoms with Crippen LogP contribution in [0.4, 0.5) is 11.4 Å². The molecule has 2 aromatic rings. The van der Waals surface area contributed by atoms with Crippen molar-refractivity contribution in [3.8, 4) is 5.75 Å². The molecule has 1 amide bonds. The van der Waals surface area contributed by atoms with E-state index in [0.29, 0.717) is 0 Å². The van der Waals surface area contributed by atoms with Crippen molar-refractivity contribution in [3.63, 3.8) is 0 Å². The van der Waals surface area contributed by atoms with Gasteiger partial charge in [-0.1, -0.05) is 12.1 Å². The van der Waals surface area contributed by atoms with Crippen molar-refractivity contribution in [2.45, 2.75) is 6.42 Å². The predicted molar refractivity (Wildman–Crippen MR) is 81.2 cm³/mol. The number of nitrogens with one attached hydrogen (secondary N) is 1. The maximum Gasteiger partial charge on any atom is 0.228 e. The first kappa shape index (κ1) is 13.9. The first-order valence-electron chi connectivity index (χ1n) is 6.40. The molecule has 0 aromatic heterocycles. The Hall–Kier alpha value is -2.49. The number of phenolic OH excluding ortho intramolecular Hbond substituents is 1. The van der Waals surface area contributed by atoms with Crippen LogP contribution < -0.4 is 10.2 Å². The van der Waals surface area contributed by atoms with E-state index in [-0.39, 0.29) is 18.1 Å². The molecule has 0 saturated carbocycles. The lowest BCUT2D eigenvalue weighted by molar-refractivity contribution is -0.115. The van der Waals surface area contributed by atoms with Gasteiger partial charge in [0.25, 0.3) is 0 Å². The Bertz CT molecular complexity index is 592. The molecule has 0 fully saturated rings. The van der Waals surface area contributed by atoms with E-state index in [1.807, 2.05) is 49.3 Å². The van der Waals surface area contributed by atoms with E-state index in [9.17, 15) is 9.90 Å². The molecule has 0 aliphatic heterocycles. The summed E-state index contributed by atoms with van der Waals surface area (Å²) in [4.78, 5) is 13.9. The summed E-state index contributed by atoms with van der Waals surface area (Å²) < 4.78 is 0. The van der Waals surface area contributed by atoms with E-state index < -0.39 is 0 Å². The third-order valence-corrected chi connectivity index (χ3v) is 2.94. The lowest BCUT2D eigenvalue weighted by atomic mass is 10.1. The zero-order chi connectivity index (χ0) is 14.5. The number of hydrogen-bond donors (Lipinski definition) is 2. The van der Waals surface area contributed by atoms with Gasteiger partial charge in [0.2, 0.25) is 5.91 Å². The van der Waals surface area contributed by atoms with Gasteiger partial charge in [-0.05, 0) is 42.0 Å². The molecule has 0 aliphatic rings. The average molecular weight is 270 g/mol. The van der Waals surface area contributed by atoms with Gasteiger partial charge < -0.3 is 15.3 Å². The zero-order valence-electron chi connectivity index (χ0n) is 11.6. The summed E-state index contributed by atoms with van der Waals surface area (Å²) in [7, 11) is 3.94. The Morgan fingerprint density at radius 2 is 1.85 bits per heavy atom. The Morgan fingerprint density at radius 1 is 1.15 bits per heavy atom. The number of phenols is 1. The van der Waals surface area contributed by atoms with Gasteiger partial charge >= 0.3 is 0 Å². The van der Waals surface area contributed by atoms with Gasteiger partial charge in [-0.2, -0.15) is 0 Å². The van der Waals surface area contributed by atoms with Crippen LogP contribution in [0.2, 0.25) is 0 Å². The number of nitrogens with zero attached hydrogens (tertiary/aromatic N) is 1. The van der Waals surface area contributed by atoms with Gasteiger partial charge in [-0.15, -0.1) is 0 Å². The second-order valence-corrected chi connectivity index (χ2v) is 4.84. The van der Waals surface area contributed by atoms with Crippen LogP contribution in [0, 0.1) is 0 Å². The molecule has 104 valence electrons. The third kappa shape index (κ3) is 3.75. The van der Waals surface area contributed by atoms with Gasteiger partial charge in [0.15, 0.2) is 0 Å². The summed E-state index contributed by atoms with van der Waals surface area (Å²) in [6, 6.07) is 14.4. The maximum atomic E-state index is 11.9. The molecule has 2 rings (SSSR count). The Labute approximate surface area is 118 Å². The molecule has 0 heterocycles. The zero-order valence-corrected chi connectivity index (χ0v) is 11.6. The number of rotatable bonds is 4. The lowest BCUT2D eigenvalue weighted by Crippen LogP contribution is -2.14. The smallest absolute Gasteiger partial charge is 0.228 e. The summed E-state index contributed by atoms with van der Waals surface area (Å²) in [5.41, 5.74) is 2.63. The minimum Gasteiger partial charge on any atom is -0.508 e. The average Bonchev–Trinajstić information content (AvgIpc) is 2.39. The summed E-state index contributed by atoms with van der Waals surface area (Å²) in [5.74, 6) is 0.0684. The molecule has 0 spiro atoms. The molecule has 0 atom stereocenters. The Balaban J connectivity index is 1.97. The molecule has 0 aliphatic carbocycles. The Morgan fingerprint density at radius 3 is 2.45 bits per heavy atom. The highest BCUT2D eigenvalue weighted by Crippen LogP contribution is 2.16. The van der Waals surface area contributed by atoms with Crippen molar-refractivity contribution in [3.05, 3.63) is 54.1 Å². The van der Waals surface area contributed by atoms with Crippen molar-refractivity contribution in [2.75, 3.05) is 24.3 Å². The van der Waals surface area contributed by atoms with E-state index in [2.05, 4.69) is 5.32 Å². The van der Waals surface area contributed by atoms with Crippen LogP contribution in [0.5, 0.6) is 5.75 Å². The summed E-state index contributed by atoms with van der Waals surface area (Å²) in [6.45, 7) is 0. The van der Waals surface area contributed by atoms with E-state index in [4.69, 9.17) is 0 Å². The van der Waals surface area contributed by atoms with Gasteiger partial charge in [0.1, 0.15) is 5.75 Å². The highest BCUT2D eigenvalue weighted by atomic mass is 16.3. The number of carbonyl (C=O) groups excluding carboxylic acids is 1. The minimum atomic E-state index is -0.104. The summed E-state index contributed by atoms with van der Waals surface area (Å²) in [5, 5.41) is 12.2. The fourth-order valence-corrected chi connectivity index (χ4v) is 1.90. The standard InChI is InChI=1S/C16H18N2O2/c1-18(2)14-8-6-13(7-9-14)17-16(20)11-12-4-3-5-15(19)10-12/h3-10,19H,11H2,1-2H3,(H,17,20). The largest absolute Gasteiger partial charge is 0.508 e. The summed E-state index contributed by atoms with van der Waals surface area (Å²) >= 11 is 0. The van der Waals surface area contributed by atoms with Crippen LogP contribution in [-0.2, 0) is 11.2 Å². The number of aromatic hydroxyl groups is 1. The highest BCUT2D eigenvalue weighted by molar-refractivity contribution is 5.92. The van der Waals surface area contributed by atoms with E-state index >= 15 is 0 Å². The number of hydrogen-bond acceptors (Lipinski definition) is 3. The first-order chi connectivity index (χ1) is 9.54. The van der Waals surface area contributed by atoms with Crippen LogP contribution in [0.3, 0.4) is 0 Å². The molecule has 20 heavy (non-hydrogen) atoms. The molecule has 4 nitrogen and oxygen atoms in total. The normalized spacial score (nSPS) is 10.1. The molecule has 4 heteroatoms. The predicted octanol–water partition coefficient (Wildman–Crippen LogP) is 2.64. The highest BCUT2D eigenvalue weighted by Gasteiger charge is 2.05. The lowest BCUT2D eigenvalue weighted by Gasteiger charge is -2.13. The molecule has 0 radical (unpaired) electrons. The van der Waals surface area contributed by atoms with Crippen LogP contribution >= 0.6 is 0 Å². The molecule has 0 saturated heterocycles. The SMILES string of the molecule is CN(C)c1ccc(NC(=O)Cc2cccc(O)c2)cc1. The maximum absolute atomic E-state index is 11.9. The number of carbonyl (C=O) groups is 1. The van der Waals surface area contributed by atoms with Gasteiger partial charge in [0.05, 0.1) is 6.42 Å². The number of amides is 1. The second kappa shape index (κ2) is 6.10. The molecule has 0 bridgehead atoms. The summed E-state index contributed by atoms with van der Waals surface area (Å²) in [6.07, 6.45) is 0.240. The van der Waals surface area contributed by atoms with E-state index in [0.717, 1.165) is 16.9 Å². The van der Waals surface area contributed by atoms with Crippen LogP contribution in [0.15, 0.2) is 48.5 Å². The van der Waals surface area contributed by atoms with Crippen molar-refractivity contribution < 1.29 is 9.90 Å². The van der Waals surface area contributed by atoms with Crippen LogP contribution in [0.25, 0.3) is 0 Å². The van der Waals surface area contributed by atoms with Crippen molar-refractivity contribution >= 4 is 17.3 Å². The minimum absolute atomic E-state index is 0.104. The van der Waals surface area contributed by atoms with Gasteiger partial charge in [-0.3, -0.25) is 4.79 Å². The third-order valence-electron chi connectivity index (χ3n) is 2.94. The fraction of sp³-hybridized carbons (Fsp3) is 0.188. The number of benzene rings is 2. The van der Waals surface area contributed by atoms with E-state index in [1.54, 1.807) is 18.2 Å². The molecular weight excluding hydrogens is 252 g/mol. The van der Waals surface area contributed by atoms with Crippen LogP contribution in [-0.4, -0.2) is 25.1 Å². The second-order valence-electron chi connectivity index (χ2n) is 4.84. The topological polar surface area (TPSA) is 52.6 Å². The van der Waals surface area contributed by atoms with Crippen molar-refractivity contribution in [1.29, 1.82) is 0 Å².